The fourth-order valence-corrected chi connectivity index (χ4v) is 4.56. The minimum Gasteiger partial charge on any atom is -0.355 e. The lowest BCUT2D eigenvalue weighted by atomic mass is 10.2. The van der Waals surface area contributed by atoms with Crippen molar-refractivity contribution in [3.8, 4) is 11.4 Å². The number of aromatic nitrogens is 3. The Morgan fingerprint density at radius 3 is 2.48 bits per heavy atom. The number of nitrogens with one attached hydrogen (secondary N) is 1. The first kappa shape index (κ1) is 18.2. The van der Waals surface area contributed by atoms with Gasteiger partial charge in [0.05, 0.1) is 27.3 Å². The lowest BCUT2D eigenvalue weighted by Gasteiger charge is -2.20. The zero-order valence-corrected chi connectivity index (χ0v) is 17.1. The van der Waals surface area contributed by atoms with Crippen LogP contribution in [0, 0.1) is 0 Å². The Morgan fingerprint density at radius 1 is 1.00 bits per heavy atom. The molecule has 2 aliphatic rings. The molecule has 2 saturated heterocycles. The predicted molar refractivity (Wildman–Crippen MR) is 121 cm³/mol. The highest BCUT2D eigenvalue weighted by molar-refractivity contribution is 8.26. The summed E-state index contributed by atoms with van der Waals surface area (Å²) in [4.78, 5) is 29.4. The van der Waals surface area contributed by atoms with Crippen LogP contribution in [0.15, 0.2) is 47.4 Å². The van der Waals surface area contributed by atoms with E-state index in [9.17, 15) is 4.79 Å². The normalized spacial score (nSPS) is 18.1. The Hall–Kier alpha value is -2.84. The summed E-state index contributed by atoms with van der Waals surface area (Å²) in [5.41, 5.74) is 3.92. The van der Waals surface area contributed by atoms with E-state index >= 15 is 0 Å². The van der Waals surface area contributed by atoms with E-state index in [-0.39, 0.29) is 5.91 Å². The number of rotatable bonds is 3. The van der Waals surface area contributed by atoms with Crippen molar-refractivity contribution in [1.29, 1.82) is 0 Å². The number of hydrogen-bond donors (Lipinski definition) is 1. The molecule has 3 aromatic rings. The Kier molecular flexibility index (Phi) is 4.73. The van der Waals surface area contributed by atoms with Gasteiger partial charge in [-0.15, -0.1) is 0 Å². The highest BCUT2D eigenvalue weighted by atomic mass is 32.2. The molecule has 4 heterocycles. The van der Waals surface area contributed by atoms with Crippen LogP contribution < -0.4 is 10.2 Å². The molecular formula is C21H17N5OS2. The molecule has 29 heavy (non-hydrogen) atoms. The van der Waals surface area contributed by atoms with E-state index in [1.165, 1.54) is 11.8 Å². The molecule has 1 amide bonds. The molecule has 0 bridgehead atoms. The minimum atomic E-state index is -0.185. The lowest BCUT2D eigenvalue weighted by Crippen LogP contribution is -2.20. The van der Waals surface area contributed by atoms with Crippen molar-refractivity contribution in [2.45, 2.75) is 12.8 Å². The third kappa shape index (κ3) is 3.61. The van der Waals surface area contributed by atoms with E-state index in [1.807, 2.05) is 42.5 Å². The molecule has 0 radical (unpaired) electrons. The number of anilines is 1. The number of thioether (sulfide) groups is 1. The summed E-state index contributed by atoms with van der Waals surface area (Å²) in [7, 11) is 0. The number of nitrogens with zero attached hydrogens (tertiary/aromatic N) is 4. The van der Waals surface area contributed by atoms with Gasteiger partial charge in [0.2, 0.25) is 0 Å². The van der Waals surface area contributed by atoms with Gasteiger partial charge in [0, 0.05) is 13.1 Å². The number of carbonyl (C=O) groups excluding carboxylic acids is 1. The average molecular weight is 420 g/mol. The van der Waals surface area contributed by atoms with Crippen LogP contribution in [0.4, 0.5) is 5.82 Å². The third-order valence-corrected chi connectivity index (χ3v) is 6.05. The van der Waals surface area contributed by atoms with Crippen molar-refractivity contribution in [3.63, 3.8) is 0 Å². The number of fused-ring (bicyclic) bond motifs is 1. The van der Waals surface area contributed by atoms with E-state index in [4.69, 9.17) is 27.2 Å². The van der Waals surface area contributed by atoms with E-state index in [2.05, 4.69) is 10.2 Å². The number of amides is 1. The molecule has 144 valence electrons. The second-order valence-electron chi connectivity index (χ2n) is 6.88. The first-order chi connectivity index (χ1) is 14.2. The van der Waals surface area contributed by atoms with Crippen LogP contribution >= 0.6 is 24.0 Å². The quantitative estimate of drug-likeness (QED) is 0.512. The fourth-order valence-electron chi connectivity index (χ4n) is 3.53. The van der Waals surface area contributed by atoms with Gasteiger partial charge >= 0.3 is 0 Å². The Morgan fingerprint density at radius 2 is 1.76 bits per heavy atom. The predicted octanol–water partition coefficient (Wildman–Crippen LogP) is 3.78. The molecule has 0 saturated carbocycles. The SMILES string of the molecule is O=C1NC(=S)SC1=Cc1cccc(-c2nc3ccccc3nc2N2CCCC2)n1. The summed E-state index contributed by atoms with van der Waals surface area (Å²) in [5.74, 6) is 0.683. The summed E-state index contributed by atoms with van der Waals surface area (Å²) in [6.07, 6.45) is 4.06. The standard InChI is InChI=1S/C21H17N5OS2/c27-20-17(29-21(28)25-20)12-13-6-5-9-16(22-13)18-19(26-10-3-4-11-26)24-15-8-2-1-7-14(15)23-18/h1-2,5-9,12H,3-4,10-11H2,(H,25,27,28). The van der Waals surface area contributed by atoms with Gasteiger partial charge in [0.15, 0.2) is 5.82 Å². The number of thiocarbonyl (C=S) groups is 1. The summed E-state index contributed by atoms with van der Waals surface area (Å²) in [5, 5.41) is 2.63. The van der Waals surface area contributed by atoms with Gasteiger partial charge in [-0.1, -0.05) is 42.2 Å². The summed E-state index contributed by atoms with van der Waals surface area (Å²) in [6.45, 7) is 1.94. The van der Waals surface area contributed by atoms with Crippen LogP contribution in [0.1, 0.15) is 18.5 Å². The number of hydrogen-bond acceptors (Lipinski definition) is 7. The highest BCUT2D eigenvalue weighted by Crippen LogP contribution is 2.31. The zero-order valence-electron chi connectivity index (χ0n) is 15.5. The summed E-state index contributed by atoms with van der Waals surface area (Å²) >= 11 is 6.31. The smallest absolute Gasteiger partial charge is 0.263 e. The molecule has 8 heteroatoms. The van der Waals surface area contributed by atoms with Gasteiger partial charge in [-0.25, -0.2) is 15.0 Å². The molecule has 0 atom stereocenters. The third-order valence-electron chi connectivity index (χ3n) is 4.89. The van der Waals surface area contributed by atoms with Crippen molar-refractivity contribution in [2.24, 2.45) is 0 Å². The van der Waals surface area contributed by atoms with Gasteiger partial charge in [0.1, 0.15) is 10.0 Å². The lowest BCUT2D eigenvalue weighted by molar-refractivity contribution is -0.115. The largest absolute Gasteiger partial charge is 0.355 e. The molecule has 0 aliphatic carbocycles. The molecule has 2 aromatic heterocycles. The van der Waals surface area contributed by atoms with Crippen LogP contribution in [-0.2, 0) is 4.79 Å². The van der Waals surface area contributed by atoms with Crippen molar-refractivity contribution < 1.29 is 4.79 Å². The van der Waals surface area contributed by atoms with E-state index in [1.54, 1.807) is 6.08 Å². The number of benzene rings is 1. The van der Waals surface area contributed by atoms with E-state index in [0.29, 0.717) is 14.9 Å². The summed E-state index contributed by atoms with van der Waals surface area (Å²) in [6, 6.07) is 13.6. The molecule has 0 unspecified atom stereocenters. The van der Waals surface area contributed by atoms with Crippen LogP contribution in [0.2, 0.25) is 0 Å². The van der Waals surface area contributed by atoms with Crippen molar-refractivity contribution in [2.75, 3.05) is 18.0 Å². The van der Waals surface area contributed by atoms with Gasteiger partial charge in [-0.3, -0.25) is 4.79 Å². The molecule has 0 spiro atoms. The van der Waals surface area contributed by atoms with Crippen LogP contribution in [-0.4, -0.2) is 38.3 Å². The van der Waals surface area contributed by atoms with Gasteiger partial charge in [0.25, 0.3) is 5.91 Å². The van der Waals surface area contributed by atoms with E-state index < -0.39 is 0 Å². The van der Waals surface area contributed by atoms with Crippen LogP contribution in [0.25, 0.3) is 28.5 Å². The van der Waals surface area contributed by atoms with Crippen molar-refractivity contribution >= 4 is 57.1 Å². The van der Waals surface area contributed by atoms with Gasteiger partial charge < -0.3 is 10.2 Å². The zero-order chi connectivity index (χ0) is 19.8. The Labute approximate surface area is 177 Å². The highest BCUT2D eigenvalue weighted by Gasteiger charge is 2.23. The molecular weight excluding hydrogens is 402 g/mol. The topological polar surface area (TPSA) is 71.0 Å². The van der Waals surface area contributed by atoms with Gasteiger partial charge in [-0.2, -0.15) is 0 Å². The Balaban J connectivity index is 1.61. The molecule has 6 nitrogen and oxygen atoms in total. The molecule has 1 aromatic carbocycles. The number of carbonyl (C=O) groups is 1. The first-order valence-electron chi connectivity index (χ1n) is 9.41. The second-order valence-corrected chi connectivity index (χ2v) is 8.60. The maximum absolute atomic E-state index is 12.0. The minimum absolute atomic E-state index is 0.185. The van der Waals surface area contributed by atoms with Crippen LogP contribution in [0.3, 0.4) is 0 Å². The molecule has 2 fully saturated rings. The Bertz CT molecular complexity index is 1170. The first-order valence-corrected chi connectivity index (χ1v) is 10.6. The molecule has 5 rings (SSSR count). The average Bonchev–Trinajstić information content (AvgIpc) is 3.37. The summed E-state index contributed by atoms with van der Waals surface area (Å²) < 4.78 is 0.467. The van der Waals surface area contributed by atoms with Crippen LogP contribution in [0.5, 0.6) is 0 Å². The monoisotopic (exact) mass is 419 g/mol. The van der Waals surface area contributed by atoms with Gasteiger partial charge in [-0.05, 0) is 43.2 Å². The number of pyridine rings is 1. The fraction of sp³-hybridized carbons (Fsp3) is 0.190. The second kappa shape index (κ2) is 7.53. The number of para-hydroxylation sites is 2. The molecule has 1 N–H and O–H groups in total. The molecule has 2 aliphatic heterocycles. The maximum Gasteiger partial charge on any atom is 0.263 e. The van der Waals surface area contributed by atoms with E-state index in [0.717, 1.165) is 54.2 Å². The maximum atomic E-state index is 12.0. The van der Waals surface area contributed by atoms with Crippen molar-refractivity contribution in [1.82, 2.24) is 20.3 Å². The van der Waals surface area contributed by atoms with Crippen molar-refractivity contribution in [3.05, 3.63) is 53.1 Å².